The summed E-state index contributed by atoms with van der Waals surface area (Å²) in [4.78, 5) is 24.4. The van der Waals surface area contributed by atoms with Crippen molar-refractivity contribution in [2.24, 2.45) is 0 Å². The molecule has 4 rings (SSSR count). The first-order valence-electron chi connectivity index (χ1n) is 8.46. The van der Waals surface area contributed by atoms with Crippen LogP contribution in [0.1, 0.15) is 26.5 Å². The van der Waals surface area contributed by atoms with E-state index < -0.39 is 23.5 Å². The van der Waals surface area contributed by atoms with Crippen LogP contribution >= 0.6 is 11.3 Å². The maximum absolute atomic E-state index is 14.4. The second-order valence-electron chi connectivity index (χ2n) is 6.32. The Bertz CT molecular complexity index is 1240. The Morgan fingerprint density at radius 1 is 1.07 bits per heavy atom. The third-order valence-corrected chi connectivity index (χ3v) is 5.34. The zero-order chi connectivity index (χ0) is 20.7. The molecule has 0 aliphatic carbocycles. The number of benzene rings is 2. The van der Waals surface area contributed by atoms with Gasteiger partial charge in [0, 0.05) is 21.9 Å². The number of carbonyl (C=O) groups excluding carboxylic acids is 1. The number of furan rings is 1. The Morgan fingerprint density at radius 2 is 1.83 bits per heavy atom. The van der Waals surface area contributed by atoms with E-state index in [-0.39, 0.29) is 33.0 Å². The number of anilines is 1. The van der Waals surface area contributed by atoms with Gasteiger partial charge in [0.05, 0.1) is 0 Å². The minimum absolute atomic E-state index is 0.00154. The predicted octanol–water partition coefficient (Wildman–Crippen LogP) is 5.70. The highest BCUT2D eigenvalue weighted by molar-refractivity contribution is 7.15. The van der Waals surface area contributed by atoms with E-state index in [2.05, 4.69) is 5.32 Å². The van der Waals surface area contributed by atoms with Crippen LogP contribution in [-0.4, -0.2) is 17.0 Å². The second kappa shape index (κ2) is 7.14. The highest BCUT2D eigenvalue weighted by atomic mass is 32.1. The molecule has 146 valence electrons. The van der Waals surface area contributed by atoms with Gasteiger partial charge in [-0.3, -0.25) is 4.79 Å². The average molecular weight is 413 g/mol. The van der Waals surface area contributed by atoms with Crippen LogP contribution in [0.3, 0.4) is 0 Å². The SMILES string of the molecule is Cc1ccc(-c2csc(NC(=O)c3cc4ccccc4o3)c2C(=O)O)c(F)c1F. The van der Waals surface area contributed by atoms with Gasteiger partial charge in [-0.15, -0.1) is 11.3 Å². The Morgan fingerprint density at radius 3 is 2.55 bits per heavy atom. The normalized spacial score (nSPS) is 11.0. The van der Waals surface area contributed by atoms with Crippen molar-refractivity contribution >= 4 is 39.2 Å². The van der Waals surface area contributed by atoms with Crippen molar-refractivity contribution in [1.82, 2.24) is 0 Å². The van der Waals surface area contributed by atoms with Gasteiger partial charge in [0.2, 0.25) is 0 Å². The van der Waals surface area contributed by atoms with Crippen molar-refractivity contribution in [3.63, 3.8) is 0 Å². The third kappa shape index (κ3) is 3.27. The molecular weight excluding hydrogens is 400 g/mol. The molecule has 1 amide bonds. The maximum atomic E-state index is 14.4. The van der Waals surface area contributed by atoms with Crippen LogP contribution in [-0.2, 0) is 0 Å². The van der Waals surface area contributed by atoms with Gasteiger partial charge in [0.1, 0.15) is 16.1 Å². The van der Waals surface area contributed by atoms with E-state index in [9.17, 15) is 23.5 Å². The minimum Gasteiger partial charge on any atom is -0.478 e. The Kier molecular flexibility index (Phi) is 4.63. The molecule has 2 aromatic heterocycles. The maximum Gasteiger partial charge on any atom is 0.339 e. The number of halogens is 2. The van der Waals surface area contributed by atoms with Crippen molar-refractivity contribution in [2.45, 2.75) is 6.92 Å². The summed E-state index contributed by atoms with van der Waals surface area (Å²) in [6, 6.07) is 11.2. The lowest BCUT2D eigenvalue weighted by molar-refractivity contribution is 0.0699. The molecule has 4 aromatic rings. The van der Waals surface area contributed by atoms with E-state index in [1.165, 1.54) is 30.5 Å². The number of hydrogen-bond donors (Lipinski definition) is 2. The Balaban J connectivity index is 1.73. The number of aromatic carboxylic acids is 1. The van der Waals surface area contributed by atoms with Crippen molar-refractivity contribution in [2.75, 3.05) is 5.32 Å². The monoisotopic (exact) mass is 413 g/mol. The number of carboxylic acids is 1. The van der Waals surface area contributed by atoms with E-state index in [4.69, 9.17) is 4.42 Å². The molecule has 0 saturated heterocycles. The number of rotatable bonds is 4. The van der Waals surface area contributed by atoms with Crippen LogP contribution < -0.4 is 5.32 Å². The summed E-state index contributed by atoms with van der Waals surface area (Å²) in [6.45, 7) is 1.41. The lowest BCUT2D eigenvalue weighted by atomic mass is 10.0. The summed E-state index contributed by atoms with van der Waals surface area (Å²) in [7, 11) is 0. The molecule has 29 heavy (non-hydrogen) atoms. The summed E-state index contributed by atoms with van der Waals surface area (Å²) < 4.78 is 33.8. The summed E-state index contributed by atoms with van der Waals surface area (Å²) in [5, 5.41) is 14.2. The number of amides is 1. The molecule has 0 spiro atoms. The molecule has 2 N–H and O–H groups in total. The third-order valence-electron chi connectivity index (χ3n) is 4.45. The first-order valence-corrected chi connectivity index (χ1v) is 9.34. The summed E-state index contributed by atoms with van der Waals surface area (Å²) >= 11 is 0.904. The Labute approximate surface area is 167 Å². The van der Waals surface area contributed by atoms with Crippen LogP contribution in [0.25, 0.3) is 22.1 Å². The standard InChI is InChI=1S/C21H13F2NO4S/c1-10-6-7-12(18(23)17(10)22)13-9-29-20(16(13)21(26)27)24-19(25)15-8-11-4-2-3-5-14(11)28-15/h2-9H,1H3,(H,24,25)(H,26,27). The van der Waals surface area contributed by atoms with Crippen molar-refractivity contribution in [3.8, 4) is 11.1 Å². The summed E-state index contributed by atoms with van der Waals surface area (Å²) in [6.07, 6.45) is 0. The van der Waals surface area contributed by atoms with Crippen LogP contribution in [0.15, 0.2) is 52.3 Å². The number of hydrogen-bond acceptors (Lipinski definition) is 4. The van der Waals surface area contributed by atoms with Gasteiger partial charge in [-0.1, -0.05) is 30.3 Å². The summed E-state index contributed by atoms with van der Waals surface area (Å²) in [5.41, 5.74) is 0.100. The van der Waals surface area contributed by atoms with E-state index in [0.717, 1.165) is 16.7 Å². The van der Waals surface area contributed by atoms with Crippen LogP contribution in [0.4, 0.5) is 13.8 Å². The van der Waals surface area contributed by atoms with Crippen LogP contribution in [0.2, 0.25) is 0 Å². The molecule has 2 heterocycles. The number of aryl methyl sites for hydroxylation is 1. The van der Waals surface area contributed by atoms with Gasteiger partial charge < -0.3 is 14.8 Å². The number of carboxylic acid groups (broad SMARTS) is 1. The first-order chi connectivity index (χ1) is 13.9. The summed E-state index contributed by atoms with van der Waals surface area (Å²) in [5.74, 6) is -4.20. The fraction of sp³-hybridized carbons (Fsp3) is 0.0476. The number of para-hydroxylation sites is 1. The van der Waals surface area contributed by atoms with Gasteiger partial charge >= 0.3 is 5.97 Å². The van der Waals surface area contributed by atoms with E-state index in [0.29, 0.717) is 5.58 Å². The Hall–Kier alpha value is -3.52. The minimum atomic E-state index is -1.37. The molecule has 0 bridgehead atoms. The zero-order valence-corrected chi connectivity index (χ0v) is 15.8. The number of fused-ring (bicyclic) bond motifs is 1. The predicted molar refractivity (Wildman–Crippen MR) is 106 cm³/mol. The largest absolute Gasteiger partial charge is 0.478 e. The molecule has 2 aromatic carbocycles. The van der Waals surface area contributed by atoms with Gasteiger partial charge in [-0.25, -0.2) is 13.6 Å². The molecule has 0 atom stereocenters. The van der Waals surface area contributed by atoms with Crippen LogP contribution in [0, 0.1) is 18.6 Å². The van der Waals surface area contributed by atoms with Gasteiger partial charge in [0.25, 0.3) is 5.91 Å². The topological polar surface area (TPSA) is 79.5 Å². The van der Waals surface area contributed by atoms with Gasteiger partial charge in [0.15, 0.2) is 17.4 Å². The smallest absolute Gasteiger partial charge is 0.339 e. The average Bonchev–Trinajstić information content (AvgIpc) is 3.30. The molecule has 0 aliphatic rings. The highest BCUT2D eigenvalue weighted by Crippen LogP contribution is 2.38. The molecule has 8 heteroatoms. The quantitative estimate of drug-likeness (QED) is 0.450. The lowest BCUT2D eigenvalue weighted by Gasteiger charge is -2.07. The molecular formula is C21H13F2NO4S. The molecule has 0 fully saturated rings. The van der Waals surface area contributed by atoms with E-state index in [1.54, 1.807) is 24.3 Å². The molecule has 0 radical (unpaired) electrons. The number of carbonyl (C=O) groups is 2. The number of thiophene rings is 1. The lowest BCUT2D eigenvalue weighted by Crippen LogP contribution is -2.12. The van der Waals surface area contributed by atoms with Gasteiger partial charge in [-0.05, 0) is 24.6 Å². The molecule has 0 saturated carbocycles. The number of nitrogens with one attached hydrogen (secondary N) is 1. The second-order valence-corrected chi connectivity index (χ2v) is 7.20. The fourth-order valence-corrected chi connectivity index (χ4v) is 3.92. The van der Waals surface area contributed by atoms with Crippen LogP contribution in [0.5, 0.6) is 0 Å². The van der Waals surface area contributed by atoms with Crippen molar-refractivity contribution < 1.29 is 27.9 Å². The fourth-order valence-electron chi connectivity index (χ4n) is 2.97. The molecule has 0 aliphatic heterocycles. The van der Waals surface area contributed by atoms with Crippen molar-refractivity contribution in [3.05, 3.63) is 76.4 Å². The van der Waals surface area contributed by atoms with E-state index >= 15 is 0 Å². The zero-order valence-electron chi connectivity index (χ0n) is 15.0. The first kappa shape index (κ1) is 18.8. The van der Waals surface area contributed by atoms with Crippen molar-refractivity contribution in [1.29, 1.82) is 0 Å². The highest BCUT2D eigenvalue weighted by Gasteiger charge is 2.25. The molecule has 5 nitrogen and oxygen atoms in total. The van der Waals surface area contributed by atoms with Gasteiger partial charge in [-0.2, -0.15) is 0 Å². The van der Waals surface area contributed by atoms with E-state index in [1.807, 2.05) is 0 Å². The molecule has 0 unspecified atom stereocenters.